The van der Waals surface area contributed by atoms with Crippen molar-refractivity contribution in [1.82, 2.24) is 20.2 Å². The second kappa shape index (κ2) is 25.4. The number of imidazole rings is 1. The normalized spacial score (nSPS) is 33.1. The lowest BCUT2D eigenvalue weighted by Crippen LogP contribution is -2.56. The van der Waals surface area contributed by atoms with Crippen molar-refractivity contribution in [3.05, 3.63) is 64.4 Å². The highest BCUT2D eigenvalue weighted by molar-refractivity contribution is 7.47. The number of benzene rings is 1. The fraction of sp³-hybridized carbons (Fsp3) is 0.623. The number of phosphoric ester groups is 1. The fourth-order valence-corrected chi connectivity index (χ4v) is 16.4. The molecule has 2 fully saturated rings. The molecule has 0 saturated carbocycles. The van der Waals surface area contributed by atoms with Crippen molar-refractivity contribution in [2.24, 2.45) is 94.7 Å². The molecule has 8 rings (SSSR count). The van der Waals surface area contributed by atoms with Gasteiger partial charge in [-0.2, -0.15) is 0 Å². The van der Waals surface area contributed by atoms with Gasteiger partial charge >= 0.3 is 7.82 Å². The Morgan fingerprint density at radius 1 is 0.820 bits per heavy atom. The topological polar surface area (TPSA) is 460 Å². The zero-order valence-corrected chi connectivity index (χ0v) is 53.2. The average Bonchev–Trinajstić information content (AvgIpc) is 1.54. The smallest absolute Gasteiger partial charge is 0.394 e. The number of ether oxygens (including phenoxy) is 1. The van der Waals surface area contributed by atoms with Crippen LogP contribution in [-0.2, 0) is 51.9 Å². The van der Waals surface area contributed by atoms with E-state index in [1.165, 1.54) is 17.8 Å². The third kappa shape index (κ3) is 13.0. The lowest BCUT2D eigenvalue weighted by Gasteiger charge is -2.48. The summed E-state index contributed by atoms with van der Waals surface area (Å²) in [7, 11) is -5.06. The van der Waals surface area contributed by atoms with Gasteiger partial charge in [0.05, 0.1) is 41.7 Å². The largest absolute Gasteiger partial charge is 0.472 e. The number of nitrogens with zero attached hydrogens (tertiary/aromatic N) is 5. The number of primary amides is 6. The van der Waals surface area contributed by atoms with Crippen molar-refractivity contribution >= 4 is 77.3 Å². The minimum Gasteiger partial charge on any atom is -0.394 e. The Balaban J connectivity index is 1.20. The molecule has 2 aromatic rings. The van der Waals surface area contributed by atoms with Crippen molar-refractivity contribution in [3.63, 3.8) is 0 Å². The van der Waals surface area contributed by atoms with Gasteiger partial charge in [-0.05, 0) is 95.2 Å². The number of nitrogens with one attached hydrogen (secondary N) is 2. The van der Waals surface area contributed by atoms with Gasteiger partial charge in [0.1, 0.15) is 18.3 Å². The highest BCUT2D eigenvalue weighted by atomic mass is 31.2. The monoisotopic (exact) mass is 1260 g/mol. The lowest BCUT2D eigenvalue weighted by molar-refractivity contribution is -0.124. The number of aryl methyl sites for hydroxylation is 1. The standard InChI is InChI=1S/C61H88N13O14P/c1-29-11-15-39-38(21-29)69-28-74(39)56-51(83)52(40(27-75)86-56)88-89(84,85)87-30(2)26-68-48(82)19-20-58(7)36(22-45(65)79)55-61(10)60(9,25-47(67)81)35(14-18-44(64)78)50(73-61)32(4)54-59(8,24-46(66)80)33(12-16-42(62)76)37(70-54)23-41-57(5,6)34(13-17-43(63)77)49(71-41)31(3)53(58)72-55/h11,15,21,23,28,30,33-36,40,51-52,55-56,70,75,83H,12-14,16-20,22,24-27H2,1-10H3,(H2,62,76)(H2,63,77)(H2,64,78)(H2,65,79)(H2,66,80)(H2,67,81)(H,68,82)(H,84,85)/b37-23?,49-31?,54-32-/t30-,33-,34-,35-,36+,40-,51-,52-,55-,56+,58-,59+,60+,61+/m1/s1. The van der Waals surface area contributed by atoms with E-state index < -0.39 is 143 Å². The van der Waals surface area contributed by atoms with Crippen molar-refractivity contribution in [2.45, 2.75) is 182 Å². The highest BCUT2D eigenvalue weighted by Gasteiger charge is 2.66. The van der Waals surface area contributed by atoms with Crippen LogP contribution in [0.15, 0.2) is 73.8 Å². The van der Waals surface area contributed by atoms with Gasteiger partial charge in [-0.1, -0.05) is 40.7 Å². The molecule has 28 heteroatoms. The summed E-state index contributed by atoms with van der Waals surface area (Å²) in [5, 5.41) is 28.1. The molecule has 89 heavy (non-hydrogen) atoms. The van der Waals surface area contributed by atoms with Gasteiger partial charge in [0.25, 0.3) is 0 Å². The van der Waals surface area contributed by atoms with Crippen LogP contribution in [0.3, 0.4) is 0 Å². The zero-order valence-electron chi connectivity index (χ0n) is 52.3. The number of hydrogen-bond acceptors (Lipinski definition) is 18. The molecule has 7 heterocycles. The maximum atomic E-state index is 14.3. The third-order valence-corrected chi connectivity index (χ3v) is 21.3. The second-order valence-corrected chi connectivity index (χ2v) is 28.0. The fourth-order valence-electron chi connectivity index (χ4n) is 15.3. The van der Waals surface area contributed by atoms with Crippen LogP contribution in [0.4, 0.5) is 0 Å². The van der Waals surface area contributed by atoms with Crippen molar-refractivity contribution in [3.8, 4) is 0 Å². The molecule has 27 nitrogen and oxygen atoms in total. The summed E-state index contributed by atoms with van der Waals surface area (Å²) < 4.78 is 32.1. The predicted octanol–water partition coefficient (Wildman–Crippen LogP) is 2.85. The maximum absolute atomic E-state index is 14.3. The van der Waals surface area contributed by atoms with Gasteiger partial charge < -0.3 is 69.4 Å². The Hall–Kier alpha value is -7.00. The van der Waals surface area contributed by atoms with Crippen LogP contribution < -0.4 is 45.0 Å². The number of phosphoric acid groups is 1. The van der Waals surface area contributed by atoms with Crippen molar-refractivity contribution in [1.29, 1.82) is 0 Å². The van der Waals surface area contributed by atoms with Gasteiger partial charge in [-0.3, -0.25) is 57.6 Å². The van der Waals surface area contributed by atoms with E-state index in [-0.39, 0.29) is 77.2 Å². The number of rotatable bonds is 26. The molecular weight excluding hydrogens is 1170 g/mol. The van der Waals surface area contributed by atoms with E-state index in [2.05, 4.69) is 15.6 Å². The molecule has 6 aliphatic heterocycles. The van der Waals surface area contributed by atoms with E-state index in [1.54, 1.807) is 6.07 Å². The summed E-state index contributed by atoms with van der Waals surface area (Å²) in [6, 6.07) is 4.42. The molecule has 15 atom stereocenters. The molecular formula is C61H88N13O14P. The first-order chi connectivity index (χ1) is 41.4. The third-order valence-electron chi connectivity index (χ3n) is 20.1. The number of fused-ring (bicyclic) bond motifs is 7. The van der Waals surface area contributed by atoms with Crippen LogP contribution in [0, 0.1) is 52.3 Å². The molecule has 0 aliphatic carbocycles. The van der Waals surface area contributed by atoms with Gasteiger partial charge in [-0.25, -0.2) is 9.55 Å². The molecule has 6 aliphatic rings. The summed E-state index contributed by atoms with van der Waals surface area (Å²) in [6.45, 7) is 17.3. The average molecular weight is 1260 g/mol. The Morgan fingerprint density at radius 2 is 1.44 bits per heavy atom. The predicted molar refractivity (Wildman–Crippen MR) is 329 cm³/mol. The zero-order chi connectivity index (χ0) is 65.8. The van der Waals surface area contributed by atoms with Crippen molar-refractivity contribution < 1.29 is 67.0 Å². The van der Waals surface area contributed by atoms with E-state index in [0.717, 1.165) is 5.56 Å². The minimum atomic E-state index is -5.06. The Bertz CT molecular complexity index is 3480. The molecule has 7 amide bonds. The Morgan fingerprint density at radius 3 is 2.03 bits per heavy atom. The van der Waals surface area contributed by atoms with E-state index >= 15 is 0 Å². The Labute approximate surface area is 517 Å². The number of carbonyl (C=O) groups is 7. The molecule has 0 radical (unpaired) electrons. The van der Waals surface area contributed by atoms with Gasteiger partial charge in [0.15, 0.2) is 6.23 Å². The number of aliphatic hydroxyl groups is 2. The number of aliphatic hydroxyl groups excluding tert-OH is 2. The number of hydrogen-bond donors (Lipinski definition) is 11. The number of aliphatic imine (C=N–C) groups is 3. The summed E-state index contributed by atoms with van der Waals surface area (Å²) in [5.74, 6) is -7.18. The van der Waals surface area contributed by atoms with E-state index in [4.69, 9.17) is 63.2 Å². The van der Waals surface area contributed by atoms with Crippen LogP contribution in [0.1, 0.15) is 145 Å². The van der Waals surface area contributed by atoms with Gasteiger partial charge in [-0.15, -0.1) is 0 Å². The number of amides is 7. The summed E-state index contributed by atoms with van der Waals surface area (Å²) >= 11 is 0. The Kier molecular flexibility index (Phi) is 19.3. The first-order valence-corrected chi connectivity index (χ1v) is 31.6. The van der Waals surface area contributed by atoms with Crippen LogP contribution in [-0.4, -0.2) is 132 Å². The molecule has 0 spiro atoms. The van der Waals surface area contributed by atoms with Crippen LogP contribution in [0.2, 0.25) is 0 Å². The van der Waals surface area contributed by atoms with E-state index in [0.29, 0.717) is 56.4 Å². The number of carbonyl (C=O) groups excluding carboxylic acids is 7. The number of aromatic nitrogens is 2. The second-order valence-electron chi connectivity index (χ2n) is 26.6. The van der Waals surface area contributed by atoms with E-state index in [1.807, 2.05) is 80.5 Å². The summed E-state index contributed by atoms with van der Waals surface area (Å²) in [4.78, 5) is 126. The SMILES string of the molecule is CC1=C2N=C(C=C3N/C(=C(/C)C4=N[C@@](C)([C@@H]5N=C1[C@](C)(CCC(=O)NC[C@@H](C)OP(=O)(O)O[C@H]1[C@@H](O)[C@@H](n6cnc7cc(C)ccc76)O[C@@H]1CO)[C@H]5CC(N)=O)[C@@](C)(CC(N)=O)[C@@H]4CCC(N)=O)[C@@](C)(CC(N)=O)[C@@H]3CCC(N)=O)C(C)(C)[C@@H]2CCC(N)=O. The maximum Gasteiger partial charge on any atom is 0.472 e. The molecule has 1 unspecified atom stereocenters. The van der Waals surface area contributed by atoms with Crippen LogP contribution in [0.25, 0.3) is 11.0 Å². The lowest BCUT2D eigenvalue weighted by atomic mass is 9.55. The van der Waals surface area contributed by atoms with Gasteiger partial charge in [0, 0.05) is 131 Å². The first-order valence-electron chi connectivity index (χ1n) is 30.1. The minimum absolute atomic E-state index is 0.0110. The summed E-state index contributed by atoms with van der Waals surface area (Å²) in [6.07, 6.45) is -4.25. The molecule has 2 saturated heterocycles. The van der Waals surface area contributed by atoms with Gasteiger partial charge in [0.2, 0.25) is 41.4 Å². The molecule has 1 aromatic heterocycles. The van der Waals surface area contributed by atoms with Crippen LogP contribution >= 0.6 is 7.82 Å². The number of allylic oxidation sites excluding steroid dienone is 6. The first kappa shape index (κ1) is 67.9. The molecule has 1 aromatic carbocycles. The molecule has 8 bridgehead atoms. The van der Waals surface area contributed by atoms with Crippen molar-refractivity contribution in [2.75, 3.05) is 13.2 Å². The number of nitrogens with two attached hydrogens (primary N) is 6. The molecule has 17 N–H and O–H groups in total. The van der Waals surface area contributed by atoms with Crippen LogP contribution in [0.5, 0.6) is 0 Å². The molecule has 486 valence electrons. The quantitative estimate of drug-likeness (QED) is 0.0603. The van der Waals surface area contributed by atoms with E-state index in [9.17, 15) is 53.2 Å². The highest BCUT2D eigenvalue weighted by Crippen LogP contribution is 2.63. The summed E-state index contributed by atoms with van der Waals surface area (Å²) in [5.41, 5.74) is 36.3.